The van der Waals surface area contributed by atoms with Gasteiger partial charge in [-0.25, -0.2) is 0 Å². The Bertz CT molecular complexity index is 438. The number of aliphatic imine (C=N–C) groups is 1. The summed E-state index contributed by atoms with van der Waals surface area (Å²) < 4.78 is 42.1. The van der Waals surface area contributed by atoms with E-state index in [2.05, 4.69) is 31.6 Å². The molecule has 1 aromatic rings. The molecule has 0 atom stereocenters. The van der Waals surface area contributed by atoms with Gasteiger partial charge in [0, 0.05) is 19.5 Å². The summed E-state index contributed by atoms with van der Waals surface area (Å²) in [6.07, 6.45) is -4.48. The van der Waals surface area contributed by atoms with Gasteiger partial charge >= 0.3 is 6.18 Å². The fraction of sp³-hybridized carbons (Fsp3) is 0.583. The molecule has 0 radical (unpaired) electrons. The first-order valence-electron chi connectivity index (χ1n) is 6.24. The van der Waals surface area contributed by atoms with E-state index in [1.807, 2.05) is 13.0 Å². The predicted octanol–water partition coefficient (Wildman–Crippen LogP) is 3.71. The van der Waals surface area contributed by atoms with E-state index in [4.69, 9.17) is 4.42 Å². The van der Waals surface area contributed by atoms with Crippen LogP contribution in [-0.4, -0.2) is 31.8 Å². The molecule has 1 aromatic heterocycles. The van der Waals surface area contributed by atoms with Crippen molar-refractivity contribution in [3.05, 3.63) is 22.6 Å². The Morgan fingerprint density at radius 3 is 2.57 bits per heavy atom. The summed E-state index contributed by atoms with van der Waals surface area (Å²) in [5.74, 6) is 1.16. The van der Waals surface area contributed by atoms with Crippen LogP contribution >= 0.6 is 39.9 Å². The molecule has 0 aliphatic carbocycles. The molecule has 0 aliphatic rings. The Balaban J connectivity index is 0.00000400. The summed E-state index contributed by atoms with van der Waals surface area (Å²) in [5.41, 5.74) is 0. The molecule has 0 bridgehead atoms. The van der Waals surface area contributed by atoms with E-state index in [1.54, 1.807) is 6.07 Å². The lowest BCUT2D eigenvalue weighted by Gasteiger charge is -2.11. The first kappa shape index (κ1) is 20.6. The molecule has 0 spiro atoms. The number of halogens is 5. The summed E-state index contributed by atoms with van der Waals surface area (Å²) in [5, 5.41) is 5.85. The van der Waals surface area contributed by atoms with Crippen molar-refractivity contribution in [2.75, 3.05) is 19.6 Å². The fourth-order valence-corrected chi connectivity index (χ4v) is 1.77. The molecule has 2 N–H and O–H groups in total. The van der Waals surface area contributed by atoms with E-state index < -0.39 is 12.6 Å². The van der Waals surface area contributed by atoms with Gasteiger partial charge in [-0.1, -0.05) is 0 Å². The number of nitrogens with one attached hydrogen (secondary N) is 2. The van der Waals surface area contributed by atoms with Gasteiger partial charge in [0.2, 0.25) is 0 Å². The quantitative estimate of drug-likeness (QED) is 0.368. The third-order valence-electron chi connectivity index (χ3n) is 2.30. The lowest BCUT2D eigenvalue weighted by atomic mass is 10.3. The average molecular weight is 484 g/mol. The topological polar surface area (TPSA) is 49.6 Å². The van der Waals surface area contributed by atoms with Gasteiger partial charge in [-0.3, -0.25) is 4.99 Å². The molecule has 4 nitrogen and oxygen atoms in total. The van der Waals surface area contributed by atoms with Gasteiger partial charge in [0.1, 0.15) is 5.76 Å². The van der Waals surface area contributed by atoms with E-state index >= 15 is 0 Å². The predicted molar refractivity (Wildman–Crippen MR) is 90.2 cm³/mol. The minimum absolute atomic E-state index is 0. The van der Waals surface area contributed by atoms with Crippen molar-refractivity contribution < 1.29 is 17.6 Å². The van der Waals surface area contributed by atoms with Crippen molar-refractivity contribution in [3.63, 3.8) is 0 Å². The maximum atomic E-state index is 12.0. The van der Waals surface area contributed by atoms with E-state index in [1.165, 1.54) is 0 Å². The number of hydrogen-bond acceptors (Lipinski definition) is 2. The molecule has 122 valence electrons. The average Bonchev–Trinajstić information content (AvgIpc) is 2.73. The maximum absolute atomic E-state index is 12.0. The Hall–Kier alpha value is -0.450. The molecule has 0 aromatic carbocycles. The standard InChI is InChI=1S/C12H17BrF3N3O.HI/c1-2-17-11(19-8-6-12(14,15)16)18-7-5-9-3-4-10(13)20-9;/h3-4H,2,5-8H2,1H3,(H2,17,18,19);1H. The lowest BCUT2D eigenvalue weighted by Crippen LogP contribution is -2.38. The van der Waals surface area contributed by atoms with Crippen LogP contribution < -0.4 is 10.6 Å². The van der Waals surface area contributed by atoms with Crippen LogP contribution in [0.2, 0.25) is 0 Å². The molecule has 1 rings (SSSR count). The van der Waals surface area contributed by atoms with Crippen molar-refractivity contribution in [3.8, 4) is 0 Å². The van der Waals surface area contributed by atoms with Crippen LogP contribution in [0.25, 0.3) is 0 Å². The van der Waals surface area contributed by atoms with Gasteiger partial charge in [-0.05, 0) is 35.0 Å². The molecule has 1 heterocycles. The molecular weight excluding hydrogens is 466 g/mol. The molecule has 0 amide bonds. The molecular formula is C12H18BrF3IN3O. The zero-order valence-corrected chi connectivity index (χ0v) is 15.4. The van der Waals surface area contributed by atoms with Crippen LogP contribution in [0.15, 0.2) is 26.2 Å². The van der Waals surface area contributed by atoms with E-state index in [-0.39, 0.29) is 30.5 Å². The van der Waals surface area contributed by atoms with Crippen molar-refractivity contribution in [1.82, 2.24) is 10.6 Å². The molecule has 9 heteroatoms. The minimum atomic E-state index is -4.18. The van der Waals surface area contributed by atoms with Crippen LogP contribution in [0.5, 0.6) is 0 Å². The normalized spacial score (nSPS) is 12.0. The zero-order valence-electron chi connectivity index (χ0n) is 11.5. The molecule has 0 saturated heterocycles. The van der Waals surface area contributed by atoms with E-state index in [9.17, 15) is 13.2 Å². The molecule has 0 aliphatic heterocycles. The Labute approximate surface area is 147 Å². The van der Waals surface area contributed by atoms with Crippen LogP contribution in [0.4, 0.5) is 13.2 Å². The van der Waals surface area contributed by atoms with Gasteiger partial charge < -0.3 is 15.1 Å². The molecule has 0 unspecified atom stereocenters. The van der Waals surface area contributed by atoms with E-state index in [0.717, 1.165) is 5.76 Å². The fourth-order valence-electron chi connectivity index (χ4n) is 1.43. The molecule has 21 heavy (non-hydrogen) atoms. The summed E-state index contributed by atoms with van der Waals surface area (Å²) in [4.78, 5) is 3.87. The van der Waals surface area contributed by atoms with Gasteiger partial charge in [-0.2, -0.15) is 13.2 Å². The summed E-state index contributed by atoms with van der Waals surface area (Å²) in [7, 11) is 0. The van der Waals surface area contributed by atoms with Gasteiger partial charge in [-0.15, -0.1) is 24.0 Å². The minimum Gasteiger partial charge on any atom is -0.454 e. The van der Waals surface area contributed by atoms with Crippen molar-refractivity contribution in [1.29, 1.82) is 0 Å². The highest BCUT2D eigenvalue weighted by atomic mass is 127. The lowest BCUT2D eigenvalue weighted by molar-refractivity contribution is -0.132. The second-order valence-corrected chi connectivity index (χ2v) is 4.79. The van der Waals surface area contributed by atoms with Gasteiger partial charge in [0.25, 0.3) is 0 Å². The number of guanidine groups is 1. The van der Waals surface area contributed by atoms with Crippen molar-refractivity contribution >= 4 is 45.9 Å². The number of furan rings is 1. The smallest absolute Gasteiger partial charge is 0.390 e. The third kappa shape index (κ3) is 9.99. The first-order chi connectivity index (χ1) is 9.40. The van der Waals surface area contributed by atoms with Crippen LogP contribution in [0.3, 0.4) is 0 Å². The van der Waals surface area contributed by atoms with E-state index in [0.29, 0.717) is 30.1 Å². The zero-order chi connectivity index (χ0) is 15.0. The summed E-state index contributed by atoms with van der Waals surface area (Å²) in [6, 6.07) is 3.62. The van der Waals surface area contributed by atoms with Crippen molar-refractivity contribution in [2.45, 2.75) is 25.9 Å². The maximum Gasteiger partial charge on any atom is 0.390 e. The highest BCUT2D eigenvalue weighted by molar-refractivity contribution is 14.0. The Kier molecular flexibility index (Phi) is 10.1. The first-order valence-corrected chi connectivity index (χ1v) is 7.03. The Morgan fingerprint density at radius 1 is 1.33 bits per heavy atom. The van der Waals surface area contributed by atoms with Crippen LogP contribution in [-0.2, 0) is 6.42 Å². The largest absolute Gasteiger partial charge is 0.454 e. The highest BCUT2D eigenvalue weighted by Crippen LogP contribution is 2.18. The number of rotatable bonds is 6. The monoisotopic (exact) mass is 483 g/mol. The Morgan fingerprint density at radius 2 is 2.05 bits per heavy atom. The van der Waals surface area contributed by atoms with Crippen molar-refractivity contribution in [2.24, 2.45) is 4.99 Å². The van der Waals surface area contributed by atoms with Gasteiger partial charge in [0.15, 0.2) is 10.6 Å². The molecule has 0 fully saturated rings. The third-order valence-corrected chi connectivity index (χ3v) is 2.73. The highest BCUT2D eigenvalue weighted by Gasteiger charge is 2.26. The van der Waals surface area contributed by atoms with Crippen LogP contribution in [0, 0.1) is 0 Å². The van der Waals surface area contributed by atoms with Crippen LogP contribution in [0.1, 0.15) is 19.1 Å². The number of hydrogen-bond donors (Lipinski definition) is 2. The SMILES string of the molecule is CCNC(=NCCC(F)(F)F)NCCc1ccc(Br)o1.I. The summed E-state index contributed by atoms with van der Waals surface area (Å²) >= 11 is 3.20. The second kappa shape index (κ2) is 10.3. The van der Waals surface area contributed by atoms with Gasteiger partial charge in [0.05, 0.1) is 13.0 Å². The number of nitrogens with zero attached hydrogens (tertiary/aromatic N) is 1. The molecule has 0 saturated carbocycles. The second-order valence-electron chi connectivity index (χ2n) is 4.01. The summed E-state index contributed by atoms with van der Waals surface area (Å²) in [6.45, 7) is 2.68. The number of alkyl halides is 3.